The van der Waals surface area contributed by atoms with Crippen LogP contribution < -0.4 is 9.47 Å². The summed E-state index contributed by atoms with van der Waals surface area (Å²) in [6, 6.07) is 14.3. The van der Waals surface area contributed by atoms with Gasteiger partial charge in [-0.1, -0.05) is 35.9 Å². The average Bonchev–Trinajstić information content (AvgIpc) is 2.72. The van der Waals surface area contributed by atoms with E-state index in [4.69, 9.17) is 9.47 Å². The first-order chi connectivity index (χ1) is 13.1. The average molecular weight is 367 g/mol. The van der Waals surface area contributed by atoms with Crippen molar-refractivity contribution in [1.82, 2.24) is 4.90 Å². The van der Waals surface area contributed by atoms with Crippen molar-refractivity contribution in [3.8, 4) is 11.5 Å². The predicted octanol–water partition coefficient (Wildman–Crippen LogP) is 4.50. The number of methoxy groups -OCH3 is 2. The van der Waals surface area contributed by atoms with Gasteiger partial charge in [-0.05, 0) is 56.2 Å². The van der Waals surface area contributed by atoms with E-state index < -0.39 is 0 Å². The molecule has 1 amide bonds. The van der Waals surface area contributed by atoms with Crippen molar-refractivity contribution in [2.75, 3.05) is 27.3 Å². The largest absolute Gasteiger partial charge is 0.493 e. The lowest BCUT2D eigenvalue weighted by Gasteiger charge is -2.32. The Kier molecular flexibility index (Phi) is 6.38. The lowest BCUT2D eigenvalue weighted by molar-refractivity contribution is 0.0683. The Hall–Kier alpha value is -2.49. The van der Waals surface area contributed by atoms with Gasteiger partial charge in [-0.25, -0.2) is 0 Å². The molecule has 3 rings (SSSR count). The normalized spacial score (nSPS) is 14.9. The quantitative estimate of drug-likeness (QED) is 0.755. The number of hydrogen-bond donors (Lipinski definition) is 0. The van der Waals surface area contributed by atoms with Gasteiger partial charge in [0.15, 0.2) is 11.5 Å². The highest BCUT2D eigenvalue weighted by atomic mass is 16.5. The summed E-state index contributed by atoms with van der Waals surface area (Å²) in [7, 11) is 3.16. The molecule has 0 aromatic heterocycles. The molecule has 0 radical (unpaired) electrons. The highest BCUT2D eigenvalue weighted by Gasteiger charge is 2.26. The number of para-hydroxylation sites is 1. The fraction of sp³-hybridized carbons (Fsp3) is 0.435. The molecule has 4 heteroatoms. The SMILES string of the molecule is COc1cccc(C(=O)N2CCC(CCc3ccc(C)cc3)CC2)c1OC. The van der Waals surface area contributed by atoms with Crippen molar-refractivity contribution in [3.63, 3.8) is 0 Å². The third-order valence-corrected chi connectivity index (χ3v) is 5.50. The van der Waals surface area contributed by atoms with Crippen LogP contribution in [0.2, 0.25) is 0 Å². The Bertz CT molecular complexity index is 762. The maximum absolute atomic E-state index is 13.0. The third-order valence-electron chi connectivity index (χ3n) is 5.50. The molecule has 0 spiro atoms. The first-order valence-corrected chi connectivity index (χ1v) is 9.68. The molecule has 1 heterocycles. The number of benzene rings is 2. The molecule has 0 atom stereocenters. The molecule has 1 aliphatic rings. The molecule has 0 unspecified atom stereocenters. The van der Waals surface area contributed by atoms with Crippen molar-refractivity contribution in [1.29, 1.82) is 0 Å². The molecule has 0 saturated carbocycles. The van der Waals surface area contributed by atoms with Gasteiger partial charge in [0, 0.05) is 13.1 Å². The van der Waals surface area contributed by atoms with Crippen LogP contribution in [-0.4, -0.2) is 38.1 Å². The Morgan fingerprint density at radius 3 is 2.37 bits per heavy atom. The molecule has 0 aliphatic carbocycles. The first-order valence-electron chi connectivity index (χ1n) is 9.68. The highest BCUT2D eigenvalue weighted by Crippen LogP contribution is 2.32. The molecule has 1 saturated heterocycles. The highest BCUT2D eigenvalue weighted by molar-refractivity contribution is 5.97. The monoisotopic (exact) mass is 367 g/mol. The van der Waals surface area contributed by atoms with Gasteiger partial charge in [0.1, 0.15) is 0 Å². The molecular weight excluding hydrogens is 338 g/mol. The van der Waals surface area contributed by atoms with Crippen LogP contribution >= 0.6 is 0 Å². The molecule has 4 nitrogen and oxygen atoms in total. The zero-order valence-corrected chi connectivity index (χ0v) is 16.5. The molecule has 0 N–H and O–H groups in total. The number of nitrogens with zero attached hydrogens (tertiary/aromatic N) is 1. The Morgan fingerprint density at radius 2 is 1.74 bits per heavy atom. The summed E-state index contributed by atoms with van der Waals surface area (Å²) in [6.45, 7) is 3.73. The summed E-state index contributed by atoms with van der Waals surface area (Å²) in [5.74, 6) is 1.83. The van der Waals surface area contributed by atoms with Gasteiger partial charge in [-0.15, -0.1) is 0 Å². The van der Waals surface area contributed by atoms with E-state index in [1.54, 1.807) is 14.2 Å². The summed E-state index contributed by atoms with van der Waals surface area (Å²) < 4.78 is 10.7. The zero-order valence-electron chi connectivity index (χ0n) is 16.5. The van der Waals surface area contributed by atoms with Crippen LogP contribution in [0, 0.1) is 12.8 Å². The van der Waals surface area contributed by atoms with Gasteiger partial charge in [0.05, 0.1) is 19.8 Å². The number of piperidine rings is 1. The lowest BCUT2D eigenvalue weighted by Crippen LogP contribution is -2.38. The minimum absolute atomic E-state index is 0.0303. The van der Waals surface area contributed by atoms with Crippen molar-refractivity contribution in [2.45, 2.75) is 32.6 Å². The number of hydrogen-bond acceptors (Lipinski definition) is 3. The van der Waals surface area contributed by atoms with E-state index in [9.17, 15) is 4.79 Å². The number of ether oxygens (including phenoxy) is 2. The fourth-order valence-corrected chi connectivity index (χ4v) is 3.78. The van der Waals surface area contributed by atoms with E-state index in [1.165, 1.54) is 17.5 Å². The predicted molar refractivity (Wildman–Crippen MR) is 108 cm³/mol. The second-order valence-electron chi connectivity index (χ2n) is 7.30. The van der Waals surface area contributed by atoms with E-state index >= 15 is 0 Å². The molecular formula is C23H29NO3. The van der Waals surface area contributed by atoms with Gasteiger partial charge in [0.25, 0.3) is 5.91 Å². The second kappa shape index (κ2) is 8.94. The number of aryl methyl sites for hydroxylation is 2. The third kappa shape index (κ3) is 4.62. The molecule has 144 valence electrons. The molecule has 1 fully saturated rings. The van der Waals surface area contributed by atoms with Crippen molar-refractivity contribution in [3.05, 3.63) is 59.2 Å². The van der Waals surface area contributed by atoms with Crippen LogP contribution in [0.25, 0.3) is 0 Å². The Morgan fingerprint density at radius 1 is 1.04 bits per heavy atom. The van der Waals surface area contributed by atoms with Crippen LogP contribution in [-0.2, 0) is 6.42 Å². The maximum Gasteiger partial charge on any atom is 0.257 e. The Labute approximate surface area is 162 Å². The first kappa shape index (κ1) is 19.3. The standard InChI is InChI=1S/C23H29NO3/c1-17-7-9-18(10-8-17)11-12-19-13-15-24(16-14-19)23(25)20-5-4-6-21(26-2)22(20)27-3/h4-10,19H,11-16H2,1-3H3. The minimum Gasteiger partial charge on any atom is -0.493 e. The summed E-state index contributed by atoms with van der Waals surface area (Å²) in [6.07, 6.45) is 4.42. The summed E-state index contributed by atoms with van der Waals surface area (Å²) in [4.78, 5) is 14.9. The van der Waals surface area contributed by atoms with Crippen LogP contribution in [0.4, 0.5) is 0 Å². The van der Waals surface area contributed by atoms with Crippen LogP contribution in [0.15, 0.2) is 42.5 Å². The van der Waals surface area contributed by atoms with Gasteiger partial charge in [-0.3, -0.25) is 4.79 Å². The Balaban J connectivity index is 1.56. The smallest absolute Gasteiger partial charge is 0.257 e. The van der Waals surface area contributed by atoms with Gasteiger partial charge < -0.3 is 14.4 Å². The van der Waals surface area contributed by atoms with E-state index in [-0.39, 0.29) is 5.91 Å². The topological polar surface area (TPSA) is 38.8 Å². The van der Waals surface area contributed by atoms with E-state index in [0.29, 0.717) is 23.0 Å². The van der Waals surface area contributed by atoms with Crippen molar-refractivity contribution in [2.24, 2.45) is 5.92 Å². The molecule has 2 aromatic rings. The van der Waals surface area contributed by atoms with E-state index in [2.05, 4.69) is 31.2 Å². The van der Waals surface area contributed by atoms with Crippen molar-refractivity contribution >= 4 is 5.91 Å². The van der Waals surface area contributed by atoms with Gasteiger partial charge in [-0.2, -0.15) is 0 Å². The van der Waals surface area contributed by atoms with Crippen molar-refractivity contribution < 1.29 is 14.3 Å². The van der Waals surface area contributed by atoms with Crippen LogP contribution in [0.1, 0.15) is 40.7 Å². The summed E-state index contributed by atoms with van der Waals surface area (Å²) in [5, 5.41) is 0. The second-order valence-corrected chi connectivity index (χ2v) is 7.30. The molecule has 0 bridgehead atoms. The summed E-state index contributed by atoms with van der Waals surface area (Å²) >= 11 is 0. The maximum atomic E-state index is 13.0. The minimum atomic E-state index is 0.0303. The molecule has 27 heavy (non-hydrogen) atoms. The van der Waals surface area contributed by atoms with E-state index in [1.807, 2.05) is 23.1 Å². The van der Waals surface area contributed by atoms with Gasteiger partial charge in [0.2, 0.25) is 0 Å². The number of rotatable bonds is 6. The molecule has 1 aliphatic heterocycles. The molecule has 2 aromatic carbocycles. The van der Waals surface area contributed by atoms with Crippen LogP contribution in [0.5, 0.6) is 11.5 Å². The fourth-order valence-electron chi connectivity index (χ4n) is 3.78. The lowest BCUT2D eigenvalue weighted by atomic mass is 9.90. The number of likely N-dealkylation sites (tertiary alicyclic amines) is 1. The van der Waals surface area contributed by atoms with Gasteiger partial charge >= 0.3 is 0 Å². The summed E-state index contributed by atoms with van der Waals surface area (Å²) in [5.41, 5.74) is 3.29. The zero-order chi connectivity index (χ0) is 19.2. The number of carbonyl (C=O) groups is 1. The number of carbonyl (C=O) groups excluding carboxylic acids is 1. The van der Waals surface area contributed by atoms with Crippen LogP contribution in [0.3, 0.4) is 0 Å². The van der Waals surface area contributed by atoms with E-state index in [0.717, 1.165) is 32.4 Å². The number of amides is 1.